The maximum atomic E-state index is 13.4. The van der Waals surface area contributed by atoms with Crippen LogP contribution in [0.25, 0.3) is 0 Å². The summed E-state index contributed by atoms with van der Waals surface area (Å²) < 4.78 is 39.5. The van der Waals surface area contributed by atoms with Crippen LogP contribution in [0.2, 0.25) is 0 Å². The number of hydrogen-bond acceptors (Lipinski definition) is 4. The summed E-state index contributed by atoms with van der Waals surface area (Å²) in [5.74, 6) is -1.15. The first-order valence-electron chi connectivity index (χ1n) is 5.68. The van der Waals surface area contributed by atoms with Crippen molar-refractivity contribution < 1.29 is 17.6 Å². The molecule has 0 saturated carbocycles. The molecule has 6 nitrogen and oxygen atoms in total. The number of hydrogen-bond donors (Lipinski definition) is 1. The Morgan fingerprint density at radius 1 is 1.45 bits per heavy atom. The van der Waals surface area contributed by atoms with Crippen molar-refractivity contribution in [3.8, 4) is 6.07 Å². The number of carbonyl (C=O) groups is 1. The quantitative estimate of drug-likeness (QED) is 0.855. The van der Waals surface area contributed by atoms with E-state index < -0.39 is 26.3 Å². The van der Waals surface area contributed by atoms with Crippen LogP contribution >= 0.6 is 0 Å². The van der Waals surface area contributed by atoms with Crippen LogP contribution in [0.4, 0.5) is 4.39 Å². The average molecular weight is 299 g/mol. The topological polar surface area (TPSA) is 90.3 Å². The number of halogens is 1. The molecular weight excluding hydrogens is 285 g/mol. The number of nitrogens with zero attached hydrogens (tertiary/aromatic N) is 2. The van der Waals surface area contributed by atoms with Crippen molar-refractivity contribution >= 4 is 15.9 Å². The number of sulfonamides is 1. The molecule has 1 aromatic rings. The summed E-state index contributed by atoms with van der Waals surface area (Å²) in [6.45, 7) is -0.124. The van der Waals surface area contributed by atoms with Crippen molar-refractivity contribution in [3.63, 3.8) is 0 Å². The second-order valence-corrected chi connectivity index (χ2v) is 5.90. The summed E-state index contributed by atoms with van der Waals surface area (Å²) in [4.78, 5) is 12.2. The van der Waals surface area contributed by atoms with Crippen molar-refractivity contribution in [2.75, 3.05) is 20.6 Å². The van der Waals surface area contributed by atoms with E-state index >= 15 is 0 Å². The summed E-state index contributed by atoms with van der Waals surface area (Å²) in [6, 6.07) is 4.87. The molecule has 0 saturated heterocycles. The number of carbonyl (C=O) groups excluding carboxylic acids is 1. The van der Waals surface area contributed by atoms with E-state index in [4.69, 9.17) is 5.26 Å². The molecule has 1 rings (SSSR count). The normalized spacial score (nSPS) is 10.9. The van der Waals surface area contributed by atoms with Gasteiger partial charge < -0.3 is 4.90 Å². The molecule has 0 aromatic heterocycles. The highest BCUT2D eigenvalue weighted by atomic mass is 32.2. The van der Waals surface area contributed by atoms with Gasteiger partial charge in [-0.25, -0.2) is 17.5 Å². The molecule has 0 aliphatic carbocycles. The van der Waals surface area contributed by atoms with Gasteiger partial charge in [-0.2, -0.15) is 5.26 Å². The fourth-order valence-corrected chi connectivity index (χ4v) is 2.63. The van der Waals surface area contributed by atoms with Gasteiger partial charge in [0, 0.05) is 27.1 Å². The number of nitriles is 1. The first kappa shape index (κ1) is 16.1. The minimum absolute atomic E-state index is 0.0244. The van der Waals surface area contributed by atoms with E-state index in [1.54, 1.807) is 14.1 Å². The van der Waals surface area contributed by atoms with Gasteiger partial charge in [-0.15, -0.1) is 0 Å². The molecule has 1 amide bonds. The Kier molecular flexibility index (Phi) is 5.19. The standard InChI is InChI=1S/C12H14FN3O3S/c1-16(2)12(17)6-7-15-20(18,19)11-5-3-4-10(13)9(11)8-14/h3-5,15H,6-7H2,1-2H3. The Morgan fingerprint density at radius 2 is 2.10 bits per heavy atom. The van der Waals surface area contributed by atoms with Gasteiger partial charge in [0.15, 0.2) is 0 Å². The zero-order chi connectivity index (χ0) is 15.3. The van der Waals surface area contributed by atoms with Gasteiger partial charge in [0.2, 0.25) is 15.9 Å². The highest BCUT2D eigenvalue weighted by molar-refractivity contribution is 7.89. The molecule has 0 fully saturated rings. The van der Waals surface area contributed by atoms with Gasteiger partial charge in [-0.05, 0) is 12.1 Å². The van der Waals surface area contributed by atoms with Crippen LogP contribution in [0.5, 0.6) is 0 Å². The van der Waals surface area contributed by atoms with E-state index in [-0.39, 0.29) is 18.9 Å². The van der Waals surface area contributed by atoms with E-state index in [1.165, 1.54) is 17.0 Å². The molecule has 108 valence electrons. The second-order valence-electron chi connectivity index (χ2n) is 4.16. The summed E-state index contributed by atoms with van der Waals surface area (Å²) in [5.41, 5.74) is -0.543. The molecule has 0 spiro atoms. The molecule has 0 aliphatic rings. The van der Waals surface area contributed by atoms with Crippen molar-refractivity contribution in [2.24, 2.45) is 0 Å². The summed E-state index contributed by atoms with van der Waals surface area (Å²) >= 11 is 0. The SMILES string of the molecule is CN(C)C(=O)CCNS(=O)(=O)c1cccc(F)c1C#N. The van der Waals surface area contributed by atoms with Crippen LogP contribution in [0, 0.1) is 17.1 Å². The fraction of sp³-hybridized carbons (Fsp3) is 0.333. The van der Waals surface area contributed by atoms with E-state index in [2.05, 4.69) is 4.72 Å². The molecule has 0 heterocycles. The Hall–Kier alpha value is -1.98. The number of nitrogens with one attached hydrogen (secondary N) is 1. The zero-order valence-corrected chi connectivity index (χ0v) is 11.9. The first-order chi connectivity index (χ1) is 9.29. The Bertz CT molecular complexity index is 650. The lowest BCUT2D eigenvalue weighted by Crippen LogP contribution is -2.30. The minimum atomic E-state index is -4.03. The maximum absolute atomic E-state index is 13.4. The third-order valence-electron chi connectivity index (χ3n) is 2.51. The van der Waals surface area contributed by atoms with Crippen molar-refractivity contribution in [1.82, 2.24) is 9.62 Å². The first-order valence-corrected chi connectivity index (χ1v) is 7.16. The molecule has 0 radical (unpaired) electrons. The molecule has 8 heteroatoms. The fourth-order valence-electron chi connectivity index (χ4n) is 1.43. The Morgan fingerprint density at radius 3 is 2.65 bits per heavy atom. The van der Waals surface area contributed by atoms with Gasteiger partial charge >= 0.3 is 0 Å². The Labute approximate surface area is 116 Å². The highest BCUT2D eigenvalue weighted by Gasteiger charge is 2.21. The van der Waals surface area contributed by atoms with Crippen LogP contribution in [0.1, 0.15) is 12.0 Å². The second kappa shape index (κ2) is 6.45. The van der Waals surface area contributed by atoms with Crippen LogP contribution in [0.3, 0.4) is 0 Å². The third-order valence-corrected chi connectivity index (χ3v) is 4.01. The molecule has 0 unspecified atom stereocenters. The summed E-state index contributed by atoms with van der Waals surface area (Å²) in [5, 5.41) is 8.81. The van der Waals surface area contributed by atoms with Crippen molar-refractivity contribution in [1.29, 1.82) is 5.26 Å². The lowest BCUT2D eigenvalue weighted by Gasteiger charge is -2.11. The van der Waals surface area contributed by atoms with E-state index in [0.29, 0.717) is 0 Å². The third kappa shape index (κ3) is 3.76. The summed E-state index contributed by atoms with van der Waals surface area (Å²) in [7, 11) is -0.925. The highest BCUT2D eigenvalue weighted by Crippen LogP contribution is 2.17. The number of benzene rings is 1. The Balaban J connectivity index is 2.89. The molecule has 0 aliphatic heterocycles. The number of amides is 1. The smallest absolute Gasteiger partial charge is 0.242 e. The molecule has 1 N–H and O–H groups in total. The molecular formula is C12H14FN3O3S. The number of rotatable bonds is 5. The van der Waals surface area contributed by atoms with E-state index in [9.17, 15) is 17.6 Å². The zero-order valence-electron chi connectivity index (χ0n) is 11.1. The molecule has 20 heavy (non-hydrogen) atoms. The van der Waals surface area contributed by atoms with Crippen LogP contribution in [-0.2, 0) is 14.8 Å². The monoisotopic (exact) mass is 299 g/mol. The van der Waals surface area contributed by atoms with E-state index in [0.717, 1.165) is 12.1 Å². The van der Waals surface area contributed by atoms with Gasteiger partial charge in [-0.1, -0.05) is 6.07 Å². The molecule has 1 aromatic carbocycles. The van der Waals surface area contributed by atoms with Crippen molar-refractivity contribution in [3.05, 3.63) is 29.6 Å². The van der Waals surface area contributed by atoms with Crippen LogP contribution in [0.15, 0.2) is 23.1 Å². The lowest BCUT2D eigenvalue weighted by atomic mass is 10.2. The molecule has 0 bridgehead atoms. The van der Waals surface area contributed by atoms with Gasteiger partial charge in [-0.3, -0.25) is 4.79 Å². The van der Waals surface area contributed by atoms with Gasteiger partial charge in [0.05, 0.1) is 0 Å². The van der Waals surface area contributed by atoms with Crippen molar-refractivity contribution in [2.45, 2.75) is 11.3 Å². The maximum Gasteiger partial charge on any atom is 0.242 e. The predicted molar refractivity (Wildman–Crippen MR) is 69.6 cm³/mol. The van der Waals surface area contributed by atoms with Gasteiger partial charge in [0.25, 0.3) is 0 Å². The average Bonchev–Trinajstić information content (AvgIpc) is 2.37. The van der Waals surface area contributed by atoms with Gasteiger partial charge in [0.1, 0.15) is 22.3 Å². The predicted octanol–water partition coefficient (Wildman–Crippen LogP) is 0.454. The van der Waals surface area contributed by atoms with E-state index in [1.807, 2.05) is 0 Å². The lowest BCUT2D eigenvalue weighted by molar-refractivity contribution is -0.128. The largest absolute Gasteiger partial charge is 0.349 e. The summed E-state index contributed by atoms with van der Waals surface area (Å²) in [6.07, 6.45) is -0.0244. The van der Waals surface area contributed by atoms with Crippen LogP contribution in [-0.4, -0.2) is 39.9 Å². The molecule has 0 atom stereocenters. The minimum Gasteiger partial charge on any atom is -0.349 e. The van der Waals surface area contributed by atoms with Crippen LogP contribution < -0.4 is 4.72 Å².